The van der Waals surface area contributed by atoms with Gasteiger partial charge in [0.1, 0.15) is 0 Å². The van der Waals surface area contributed by atoms with Crippen LogP contribution in [0.1, 0.15) is 31.4 Å². The Morgan fingerprint density at radius 1 is 1.04 bits per heavy atom. The van der Waals surface area contributed by atoms with Gasteiger partial charge < -0.3 is 9.64 Å². The largest absolute Gasteiger partial charge is 0.375 e. The van der Waals surface area contributed by atoms with Gasteiger partial charge in [-0.2, -0.15) is 0 Å². The number of benzene rings is 2. The molecule has 132 valence electrons. The van der Waals surface area contributed by atoms with E-state index in [-0.39, 0.29) is 11.9 Å². The smallest absolute Gasteiger partial charge is 0.246 e. The van der Waals surface area contributed by atoms with Crippen LogP contribution in [0, 0.1) is 0 Å². The van der Waals surface area contributed by atoms with Crippen LogP contribution in [-0.2, 0) is 22.7 Å². The maximum Gasteiger partial charge on any atom is 0.246 e. The van der Waals surface area contributed by atoms with Gasteiger partial charge in [0.2, 0.25) is 5.91 Å². The first-order valence-electron chi connectivity index (χ1n) is 8.83. The van der Waals surface area contributed by atoms with Gasteiger partial charge in [-0.1, -0.05) is 73.7 Å². The minimum atomic E-state index is 0.0292. The van der Waals surface area contributed by atoms with Gasteiger partial charge in [0.05, 0.1) is 19.3 Å². The molecular formula is C22H27NO2. The lowest BCUT2D eigenvalue weighted by atomic mass is 10.1. The quantitative estimate of drug-likeness (QED) is 0.627. The minimum absolute atomic E-state index is 0.0292. The van der Waals surface area contributed by atoms with Crippen molar-refractivity contribution < 1.29 is 9.53 Å². The molecule has 3 heteroatoms. The summed E-state index contributed by atoms with van der Waals surface area (Å²) in [4.78, 5) is 14.5. The Labute approximate surface area is 150 Å². The summed E-state index contributed by atoms with van der Waals surface area (Å²) >= 11 is 0. The fourth-order valence-corrected chi connectivity index (χ4v) is 2.72. The highest BCUT2D eigenvalue weighted by molar-refractivity contribution is 5.87. The van der Waals surface area contributed by atoms with Gasteiger partial charge >= 0.3 is 0 Å². The van der Waals surface area contributed by atoms with Crippen LogP contribution in [0.5, 0.6) is 0 Å². The molecule has 0 fully saturated rings. The number of rotatable bonds is 9. The van der Waals surface area contributed by atoms with Crippen molar-refractivity contribution in [1.82, 2.24) is 4.90 Å². The Bertz CT molecular complexity index is 652. The van der Waals surface area contributed by atoms with Gasteiger partial charge in [0.25, 0.3) is 0 Å². The lowest BCUT2D eigenvalue weighted by Gasteiger charge is -2.30. The van der Waals surface area contributed by atoms with Crippen LogP contribution >= 0.6 is 0 Å². The summed E-state index contributed by atoms with van der Waals surface area (Å²) in [5.74, 6) is 0.0292. The summed E-state index contributed by atoms with van der Waals surface area (Å²) in [6.45, 7) is 5.65. The molecule has 0 saturated heterocycles. The first-order valence-corrected chi connectivity index (χ1v) is 8.83. The van der Waals surface area contributed by atoms with Gasteiger partial charge in [0.15, 0.2) is 0 Å². The molecule has 1 amide bonds. The number of nitrogens with zero attached hydrogens (tertiary/aromatic N) is 1. The molecule has 0 radical (unpaired) electrons. The Hall–Kier alpha value is -2.39. The summed E-state index contributed by atoms with van der Waals surface area (Å²) in [5, 5.41) is 0. The van der Waals surface area contributed by atoms with E-state index >= 15 is 0 Å². The van der Waals surface area contributed by atoms with Crippen LogP contribution in [-0.4, -0.2) is 23.5 Å². The molecule has 0 aliphatic carbocycles. The molecule has 2 rings (SSSR count). The zero-order valence-corrected chi connectivity index (χ0v) is 15.1. The van der Waals surface area contributed by atoms with Crippen LogP contribution in [0.25, 0.3) is 0 Å². The third-order valence-corrected chi connectivity index (χ3v) is 4.12. The lowest BCUT2D eigenvalue weighted by Crippen LogP contribution is -2.41. The van der Waals surface area contributed by atoms with Crippen LogP contribution in [0.4, 0.5) is 0 Å². The Morgan fingerprint density at radius 3 is 2.20 bits per heavy atom. The first kappa shape index (κ1) is 18.9. The third kappa shape index (κ3) is 6.20. The van der Waals surface area contributed by atoms with E-state index in [0.29, 0.717) is 19.8 Å². The second-order valence-corrected chi connectivity index (χ2v) is 6.01. The average molecular weight is 337 g/mol. The number of hydrogen-bond donors (Lipinski definition) is 0. The lowest BCUT2D eigenvalue weighted by molar-refractivity contribution is -0.130. The SMILES string of the molecule is C/C=C/C(=O)N(Cc1ccccc1)[C@H](CC)COCc1ccccc1. The summed E-state index contributed by atoms with van der Waals surface area (Å²) in [6.07, 6.45) is 4.27. The molecule has 0 aliphatic heterocycles. The molecule has 0 heterocycles. The minimum Gasteiger partial charge on any atom is -0.375 e. The highest BCUT2D eigenvalue weighted by atomic mass is 16.5. The summed E-state index contributed by atoms with van der Waals surface area (Å²) in [7, 11) is 0. The second kappa shape index (κ2) is 10.5. The molecule has 0 unspecified atom stereocenters. The van der Waals surface area contributed by atoms with E-state index in [1.165, 1.54) is 0 Å². The number of carbonyl (C=O) groups excluding carboxylic acids is 1. The zero-order chi connectivity index (χ0) is 17.9. The summed E-state index contributed by atoms with van der Waals surface area (Å²) in [6, 6.07) is 20.2. The maximum atomic E-state index is 12.6. The maximum absolute atomic E-state index is 12.6. The average Bonchev–Trinajstić information content (AvgIpc) is 2.65. The predicted molar refractivity (Wildman–Crippen MR) is 102 cm³/mol. The Kier molecular flexibility index (Phi) is 7.93. The molecule has 2 aromatic rings. The highest BCUT2D eigenvalue weighted by Gasteiger charge is 2.21. The fraction of sp³-hybridized carbons (Fsp3) is 0.318. The van der Waals surface area contributed by atoms with Crippen LogP contribution in [0.2, 0.25) is 0 Å². The van der Waals surface area contributed by atoms with Gasteiger partial charge in [-0.25, -0.2) is 0 Å². The monoisotopic (exact) mass is 337 g/mol. The molecular weight excluding hydrogens is 310 g/mol. The molecule has 1 atom stereocenters. The number of hydrogen-bond acceptors (Lipinski definition) is 2. The second-order valence-electron chi connectivity index (χ2n) is 6.01. The number of allylic oxidation sites excluding steroid dienone is 1. The standard InChI is InChI=1S/C22H27NO2/c1-3-11-22(24)23(16-19-12-7-5-8-13-19)21(4-2)18-25-17-20-14-9-6-10-15-20/h3,5-15,21H,4,16-18H2,1-2H3/b11-3+/t21-/m1/s1. The van der Waals surface area contributed by atoms with Crippen molar-refractivity contribution in [3.63, 3.8) is 0 Å². The Morgan fingerprint density at radius 2 is 1.64 bits per heavy atom. The van der Waals surface area contributed by atoms with Crippen molar-refractivity contribution in [3.8, 4) is 0 Å². The van der Waals surface area contributed by atoms with Gasteiger partial charge in [0, 0.05) is 6.54 Å². The summed E-state index contributed by atoms with van der Waals surface area (Å²) < 4.78 is 5.90. The van der Waals surface area contributed by atoms with E-state index in [1.807, 2.05) is 72.5 Å². The molecule has 3 nitrogen and oxygen atoms in total. The highest BCUT2D eigenvalue weighted by Crippen LogP contribution is 2.13. The van der Waals surface area contributed by atoms with E-state index in [2.05, 4.69) is 6.92 Å². The van der Waals surface area contributed by atoms with Crippen LogP contribution in [0.3, 0.4) is 0 Å². The molecule has 0 spiro atoms. The van der Waals surface area contributed by atoms with E-state index in [4.69, 9.17) is 4.74 Å². The Balaban J connectivity index is 2.02. The van der Waals surface area contributed by atoms with Crippen molar-refractivity contribution in [2.75, 3.05) is 6.61 Å². The number of ether oxygens (including phenoxy) is 1. The van der Waals surface area contributed by atoms with Gasteiger partial charge in [-0.15, -0.1) is 0 Å². The van der Waals surface area contributed by atoms with Crippen molar-refractivity contribution in [3.05, 3.63) is 83.9 Å². The van der Waals surface area contributed by atoms with Gasteiger partial charge in [-0.3, -0.25) is 4.79 Å². The van der Waals surface area contributed by atoms with Crippen molar-refractivity contribution in [2.24, 2.45) is 0 Å². The molecule has 0 aliphatic rings. The van der Waals surface area contributed by atoms with Crippen LogP contribution < -0.4 is 0 Å². The first-order chi connectivity index (χ1) is 12.2. The van der Waals surface area contributed by atoms with Crippen molar-refractivity contribution in [1.29, 1.82) is 0 Å². The fourth-order valence-electron chi connectivity index (χ4n) is 2.72. The number of amides is 1. The summed E-state index contributed by atoms with van der Waals surface area (Å²) in [5.41, 5.74) is 2.27. The molecule has 0 N–H and O–H groups in total. The molecule has 25 heavy (non-hydrogen) atoms. The van der Waals surface area contributed by atoms with E-state index < -0.39 is 0 Å². The van der Waals surface area contributed by atoms with E-state index in [9.17, 15) is 4.79 Å². The number of carbonyl (C=O) groups is 1. The predicted octanol–water partition coefficient (Wildman–Crippen LogP) is 4.59. The van der Waals surface area contributed by atoms with Gasteiger partial charge in [-0.05, 0) is 30.5 Å². The van der Waals surface area contributed by atoms with Crippen molar-refractivity contribution >= 4 is 5.91 Å². The third-order valence-electron chi connectivity index (χ3n) is 4.12. The molecule has 0 aromatic heterocycles. The van der Waals surface area contributed by atoms with E-state index in [0.717, 1.165) is 17.5 Å². The molecule has 0 saturated carbocycles. The van der Waals surface area contributed by atoms with E-state index in [1.54, 1.807) is 12.2 Å². The molecule has 2 aromatic carbocycles. The topological polar surface area (TPSA) is 29.5 Å². The molecule has 0 bridgehead atoms. The van der Waals surface area contributed by atoms with Crippen molar-refractivity contribution in [2.45, 2.75) is 39.5 Å². The zero-order valence-electron chi connectivity index (χ0n) is 15.1. The van der Waals surface area contributed by atoms with Crippen LogP contribution in [0.15, 0.2) is 72.8 Å². The normalized spacial score (nSPS) is 12.2.